The summed E-state index contributed by atoms with van der Waals surface area (Å²) in [5.41, 5.74) is 5.24. The predicted molar refractivity (Wildman–Crippen MR) is 179 cm³/mol. The largest absolute Gasteiger partial charge is 0.478 e. The number of aromatic carboxylic acids is 1. The fraction of sp³-hybridized carbons (Fsp3) is 0.344. The molecule has 48 heavy (non-hydrogen) atoms. The van der Waals surface area contributed by atoms with Gasteiger partial charge in [-0.25, -0.2) is 22.0 Å². The van der Waals surface area contributed by atoms with E-state index in [1.165, 1.54) is 18.2 Å². The van der Waals surface area contributed by atoms with Crippen molar-refractivity contribution in [1.29, 1.82) is 0 Å². The van der Waals surface area contributed by atoms with Gasteiger partial charge in [-0.3, -0.25) is 19.2 Å². The fourth-order valence-electron chi connectivity index (χ4n) is 5.29. The number of anilines is 2. The zero-order valence-corrected chi connectivity index (χ0v) is 27.9. The maximum Gasteiger partial charge on any atom is 0.339 e. The second-order valence-corrected chi connectivity index (χ2v) is 13.1. The molecule has 6 N–H and O–H groups in total. The van der Waals surface area contributed by atoms with Gasteiger partial charge in [0, 0.05) is 24.3 Å². The first-order chi connectivity index (χ1) is 22.2. The molecule has 1 heterocycles. The van der Waals surface area contributed by atoms with Crippen LogP contribution in [0, 0.1) is 11.6 Å². The SMILES string of the molecule is CCCC(NC1CCN(Cc2ccc(Oc3ccc(NS(C)(=O)=O)cc3C(=O)O)cc2)CC1)C(=O)Nc1cc(C(N)=O)c(F)cc1F.Cl. The van der Waals surface area contributed by atoms with E-state index in [2.05, 4.69) is 20.3 Å². The Kier molecular flexibility index (Phi) is 13.3. The molecule has 0 aromatic heterocycles. The molecule has 260 valence electrons. The highest BCUT2D eigenvalue weighted by atomic mass is 35.5. The molecule has 1 atom stereocenters. The Morgan fingerprint density at radius 3 is 2.27 bits per heavy atom. The number of carbonyl (C=O) groups is 3. The van der Waals surface area contributed by atoms with Crippen molar-refractivity contribution in [2.75, 3.05) is 29.4 Å². The molecule has 3 aromatic rings. The number of rotatable bonds is 14. The standard InChI is InChI=1S/C32H37F2N5O7S.ClH/c1-3-4-27(31(41)37-28-16-23(30(35)40)25(33)17-26(28)34)36-20-11-13-39(14-12-20)18-19-5-8-22(9-6-19)46-29-10-7-21(38-47(2,44)45)15-24(29)32(42)43;/h5-10,15-17,20,27,36,38H,3-4,11-14,18H2,1-2H3,(H2,35,40)(H,37,41)(H,42,43);1H. The van der Waals surface area contributed by atoms with E-state index in [-0.39, 0.29) is 41.1 Å². The number of hydrogen-bond acceptors (Lipinski definition) is 8. The van der Waals surface area contributed by atoms with E-state index < -0.39 is 51.0 Å². The van der Waals surface area contributed by atoms with Crippen molar-refractivity contribution in [2.45, 2.75) is 51.2 Å². The van der Waals surface area contributed by atoms with Gasteiger partial charge in [0.2, 0.25) is 15.9 Å². The number of benzene rings is 3. The molecule has 0 spiro atoms. The van der Waals surface area contributed by atoms with Crippen molar-refractivity contribution in [3.8, 4) is 11.5 Å². The van der Waals surface area contributed by atoms with Gasteiger partial charge >= 0.3 is 5.97 Å². The van der Waals surface area contributed by atoms with Gasteiger partial charge in [-0.2, -0.15) is 0 Å². The van der Waals surface area contributed by atoms with E-state index in [1.54, 1.807) is 12.1 Å². The average Bonchev–Trinajstić information content (AvgIpc) is 3.00. The summed E-state index contributed by atoms with van der Waals surface area (Å²) in [4.78, 5) is 38.5. The maximum atomic E-state index is 14.3. The van der Waals surface area contributed by atoms with Crippen molar-refractivity contribution < 1.29 is 41.4 Å². The van der Waals surface area contributed by atoms with Gasteiger partial charge in [-0.15, -0.1) is 12.4 Å². The van der Waals surface area contributed by atoms with Gasteiger partial charge in [-0.05, 0) is 74.3 Å². The molecule has 2 amide bonds. The van der Waals surface area contributed by atoms with Crippen molar-refractivity contribution in [2.24, 2.45) is 5.73 Å². The second kappa shape index (κ2) is 16.7. The first-order valence-corrected chi connectivity index (χ1v) is 16.8. The molecule has 0 bridgehead atoms. The number of ether oxygens (including phenoxy) is 1. The zero-order valence-electron chi connectivity index (χ0n) is 26.3. The Balaban J connectivity index is 0.00000625. The molecular formula is C32H38ClF2N5O7S. The number of nitrogens with two attached hydrogens (primary N) is 1. The molecule has 16 heteroatoms. The van der Waals surface area contributed by atoms with Crippen molar-refractivity contribution >= 4 is 51.6 Å². The van der Waals surface area contributed by atoms with Crippen LogP contribution in [-0.2, 0) is 21.4 Å². The van der Waals surface area contributed by atoms with Gasteiger partial charge in [0.25, 0.3) is 5.91 Å². The number of piperidine rings is 1. The number of sulfonamides is 1. The van der Waals surface area contributed by atoms with E-state index in [4.69, 9.17) is 10.5 Å². The summed E-state index contributed by atoms with van der Waals surface area (Å²) in [6.07, 6.45) is 3.66. The average molecular weight is 710 g/mol. The smallest absolute Gasteiger partial charge is 0.339 e. The molecule has 3 aromatic carbocycles. The lowest BCUT2D eigenvalue weighted by atomic mass is 10.0. The molecule has 0 radical (unpaired) electrons. The summed E-state index contributed by atoms with van der Waals surface area (Å²) >= 11 is 0. The van der Waals surface area contributed by atoms with Crippen molar-refractivity contribution in [1.82, 2.24) is 10.2 Å². The maximum absolute atomic E-state index is 14.3. The molecule has 1 fully saturated rings. The number of nitrogens with one attached hydrogen (secondary N) is 3. The van der Waals surface area contributed by atoms with Gasteiger partial charge in [0.15, 0.2) is 0 Å². The number of nitrogens with zero attached hydrogens (tertiary/aromatic N) is 1. The Morgan fingerprint density at radius 2 is 1.69 bits per heavy atom. The summed E-state index contributed by atoms with van der Waals surface area (Å²) in [6, 6.07) is 12.0. The number of primary amides is 1. The fourth-order valence-corrected chi connectivity index (χ4v) is 5.84. The number of hydrogen-bond donors (Lipinski definition) is 5. The van der Waals surface area contributed by atoms with Crippen LogP contribution in [-0.4, -0.2) is 67.6 Å². The second-order valence-electron chi connectivity index (χ2n) is 11.4. The third kappa shape index (κ3) is 10.6. The van der Waals surface area contributed by atoms with Gasteiger partial charge < -0.3 is 26.2 Å². The van der Waals surface area contributed by atoms with E-state index in [9.17, 15) is 36.7 Å². The van der Waals surface area contributed by atoms with Crippen LogP contribution in [0.3, 0.4) is 0 Å². The van der Waals surface area contributed by atoms with Crippen LogP contribution in [0.4, 0.5) is 20.2 Å². The highest BCUT2D eigenvalue weighted by Gasteiger charge is 2.26. The Labute approximate surface area is 283 Å². The molecule has 1 saturated heterocycles. The molecule has 1 aliphatic rings. The Bertz CT molecular complexity index is 1740. The van der Waals surface area contributed by atoms with Gasteiger partial charge in [0.05, 0.1) is 23.5 Å². The summed E-state index contributed by atoms with van der Waals surface area (Å²) in [5.74, 6) is -4.47. The zero-order chi connectivity index (χ0) is 34.3. The summed E-state index contributed by atoms with van der Waals surface area (Å²) in [6.45, 7) is 4.08. The van der Waals surface area contributed by atoms with Crippen molar-refractivity contribution in [3.63, 3.8) is 0 Å². The normalized spacial score (nSPS) is 14.4. The lowest BCUT2D eigenvalue weighted by molar-refractivity contribution is -0.118. The minimum Gasteiger partial charge on any atom is -0.478 e. The van der Waals surface area contributed by atoms with Crippen LogP contribution in [0.15, 0.2) is 54.6 Å². The Morgan fingerprint density at radius 1 is 1.02 bits per heavy atom. The molecule has 12 nitrogen and oxygen atoms in total. The molecule has 0 saturated carbocycles. The monoisotopic (exact) mass is 709 g/mol. The third-order valence-electron chi connectivity index (χ3n) is 7.57. The van der Waals surface area contributed by atoms with Gasteiger partial charge in [0.1, 0.15) is 28.7 Å². The van der Waals surface area contributed by atoms with Crippen LogP contribution in [0.1, 0.15) is 58.9 Å². The van der Waals surface area contributed by atoms with Crippen LogP contribution in [0.2, 0.25) is 0 Å². The minimum absolute atomic E-state index is 0. The third-order valence-corrected chi connectivity index (χ3v) is 8.18. The number of carboxylic acid groups (broad SMARTS) is 1. The van der Waals surface area contributed by atoms with E-state index in [0.717, 1.165) is 43.8 Å². The lowest BCUT2D eigenvalue weighted by Gasteiger charge is -2.34. The van der Waals surface area contributed by atoms with Crippen LogP contribution in [0.25, 0.3) is 0 Å². The highest BCUT2D eigenvalue weighted by Crippen LogP contribution is 2.29. The summed E-state index contributed by atoms with van der Waals surface area (Å²) in [5, 5.41) is 15.4. The molecule has 1 unspecified atom stereocenters. The number of likely N-dealkylation sites (tertiary alicyclic amines) is 1. The van der Waals surface area contributed by atoms with E-state index >= 15 is 0 Å². The van der Waals surface area contributed by atoms with E-state index in [1.807, 2.05) is 19.1 Å². The van der Waals surface area contributed by atoms with Gasteiger partial charge in [-0.1, -0.05) is 25.5 Å². The molecule has 0 aliphatic carbocycles. The first-order valence-electron chi connectivity index (χ1n) is 14.9. The number of halogens is 3. The first kappa shape index (κ1) is 38.1. The van der Waals surface area contributed by atoms with E-state index in [0.29, 0.717) is 31.2 Å². The minimum atomic E-state index is -3.58. The Hall–Kier alpha value is -4.31. The topological polar surface area (TPSA) is 180 Å². The van der Waals surface area contributed by atoms with Crippen LogP contribution >= 0.6 is 12.4 Å². The molecule has 1 aliphatic heterocycles. The van der Waals surface area contributed by atoms with Crippen molar-refractivity contribution in [3.05, 3.63) is 82.9 Å². The predicted octanol–water partition coefficient (Wildman–Crippen LogP) is 4.71. The number of amides is 2. The molecular weight excluding hydrogens is 672 g/mol. The summed E-state index contributed by atoms with van der Waals surface area (Å²) < 4.78 is 59.2. The quantitative estimate of drug-likeness (QED) is 0.158. The highest BCUT2D eigenvalue weighted by molar-refractivity contribution is 7.92. The summed E-state index contributed by atoms with van der Waals surface area (Å²) in [7, 11) is -3.58. The van der Waals surface area contributed by atoms with Crippen LogP contribution < -0.4 is 25.8 Å². The number of carbonyl (C=O) groups excluding carboxylic acids is 2. The molecule has 4 rings (SSSR count). The lowest BCUT2D eigenvalue weighted by Crippen LogP contribution is -2.50. The number of carboxylic acids is 1. The van der Waals surface area contributed by atoms with Crippen LogP contribution in [0.5, 0.6) is 11.5 Å².